The lowest BCUT2D eigenvalue weighted by molar-refractivity contribution is 0.0576. The predicted molar refractivity (Wildman–Crippen MR) is 80.6 cm³/mol. The van der Waals surface area contributed by atoms with Gasteiger partial charge in [-0.15, -0.1) is 0 Å². The Morgan fingerprint density at radius 1 is 1.37 bits per heavy atom. The number of anilines is 1. The molecule has 0 bridgehead atoms. The van der Waals surface area contributed by atoms with E-state index in [0.717, 1.165) is 32.8 Å². The van der Waals surface area contributed by atoms with Crippen molar-refractivity contribution in [1.29, 1.82) is 0 Å². The molecule has 1 aliphatic heterocycles. The number of rotatable bonds is 6. The molecule has 1 unspecified atom stereocenters. The summed E-state index contributed by atoms with van der Waals surface area (Å²) in [4.78, 5) is 2.38. The first-order valence-corrected chi connectivity index (χ1v) is 7.38. The molecule has 0 radical (unpaired) electrons. The quantitative estimate of drug-likeness (QED) is 0.853. The molecule has 1 N–H and O–H groups in total. The average molecular weight is 262 g/mol. The molecule has 0 aromatic heterocycles. The van der Waals surface area contributed by atoms with Gasteiger partial charge in [0, 0.05) is 32.4 Å². The molecule has 0 saturated carbocycles. The maximum Gasteiger partial charge on any atom is 0.0511 e. The molecule has 3 heteroatoms. The minimum absolute atomic E-state index is 0.672. The molecule has 0 aliphatic carbocycles. The average Bonchev–Trinajstić information content (AvgIpc) is 2.46. The lowest BCUT2D eigenvalue weighted by Gasteiger charge is -2.29. The van der Waals surface area contributed by atoms with Crippen molar-refractivity contribution < 1.29 is 4.74 Å². The van der Waals surface area contributed by atoms with Gasteiger partial charge in [0.2, 0.25) is 0 Å². The SMILES string of the molecule is CCNCc1ccccc1N(C)CC1CCCOC1. The molecule has 1 aromatic rings. The number of nitrogens with zero attached hydrogens (tertiary/aromatic N) is 1. The standard InChI is InChI=1S/C16H26N2O/c1-3-17-11-15-8-4-5-9-16(15)18(2)12-14-7-6-10-19-13-14/h4-5,8-9,14,17H,3,6-7,10-13H2,1-2H3. The Hall–Kier alpha value is -1.06. The van der Waals surface area contributed by atoms with Crippen molar-refractivity contribution in [3.63, 3.8) is 0 Å². The van der Waals surface area contributed by atoms with Crippen LogP contribution >= 0.6 is 0 Å². The number of hydrogen-bond acceptors (Lipinski definition) is 3. The largest absolute Gasteiger partial charge is 0.381 e. The van der Waals surface area contributed by atoms with E-state index in [1.54, 1.807) is 0 Å². The first-order chi connectivity index (χ1) is 9.31. The van der Waals surface area contributed by atoms with Gasteiger partial charge in [0.25, 0.3) is 0 Å². The van der Waals surface area contributed by atoms with Crippen LogP contribution in [-0.2, 0) is 11.3 Å². The van der Waals surface area contributed by atoms with E-state index in [4.69, 9.17) is 4.74 Å². The molecule has 106 valence electrons. The van der Waals surface area contributed by atoms with Crippen molar-refractivity contribution in [2.45, 2.75) is 26.3 Å². The molecule has 1 atom stereocenters. The second-order valence-corrected chi connectivity index (χ2v) is 5.37. The number of benzene rings is 1. The second-order valence-electron chi connectivity index (χ2n) is 5.37. The zero-order valence-electron chi connectivity index (χ0n) is 12.2. The van der Waals surface area contributed by atoms with E-state index in [-0.39, 0.29) is 0 Å². The van der Waals surface area contributed by atoms with Gasteiger partial charge in [0.15, 0.2) is 0 Å². The summed E-state index contributed by atoms with van der Waals surface area (Å²) in [6, 6.07) is 8.68. The zero-order valence-corrected chi connectivity index (χ0v) is 12.2. The van der Waals surface area contributed by atoms with E-state index in [2.05, 4.69) is 48.5 Å². The van der Waals surface area contributed by atoms with E-state index in [1.807, 2.05) is 0 Å². The lowest BCUT2D eigenvalue weighted by Crippen LogP contribution is -2.31. The fraction of sp³-hybridized carbons (Fsp3) is 0.625. The van der Waals surface area contributed by atoms with E-state index >= 15 is 0 Å². The van der Waals surface area contributed by atoms with Crippen molar-refractivity contribution in [3.8, 4) is 0 Å². The third kappa shape index (κ3) is 4.22. The maximum atomic E-state index is 5.57. The molecule has 3 nitrogen and oxygen atoms in total. The summed E-state index contributed by atoms with van der Waals surface area (Å²) in [6.45, 7) is 7.04. The predicted octanol–water partition coefficient (Wildman–Crippen LogP) is 2.66. The number of nitrogens with one attached hydrogen (secondary N) is 1. The Balaban J connectivity index is 1.98. The smallest absolute Gasteiger partial charge is 0.0511 e. The molecular weight excluding hydrogens is 236 g/mol. The van der Waals surface area contributed by atoms with E-state index in [1.165, 1.54) is 24.1 Å². The molecule has 0 amide bonds. The molecule has 1 heterocycles. The maximum absolute atomic E-state index is 5.57. The summed E-state index contributed by atoms with van der Waals surface area (Å²) in [5.41, 5.74) is 2.72. The topological polar surface area (TPSA) is 24.5 Å². The Bertz CT molecular complexity index is 375. The monoisotopic (exact) mass is 262 g/mol. The van der Waals surface area contributed by atoms with Crippen LogP contribution in [0, 0.1) is 5.92 Å². The summed E-state index contributed by atoms with van der Waals surface area (Å²) in [5.74, 6) is 0.672. The van der Waals surface area contributed by atoms with Crippen LogP contribution in [0.4, 0.5) is 5.69 Å². The highest BCUT2D eigenvalue weighted by molar-refractivity contribution is 5.53. The minimum atomic E-state index is 0.672. The van der Waals surface area contributed by atoms with Crippen molar-refractivity contribution in [1.82, 2.24) is 5.32 Å². The van der Waals surface area contributed by atoms with Gasteiger partial charge < -0.3 is 15.0 Å². The minimum Gasteiger partial charge on any atom is -0.381 e. The van der Waals surface area contributed by atoms with Crippen molar-refractivity contribution in [2.75, 3.05) is 38.3 Å². The van der Waals surface area contributed by atoms with Gasteiger partial charge in [-0.3, -0.25) is 0 Å². The first-order valence-electron chi connectivity index (χ1n) is 7.38. The number of hydrogen-bond donors (Lipinski definition) is 1. The molecular formula is C16H26N2O. The Morgan fingerprint density at radius 2 is 2.21 bits per heavy atom. The first kappa shape index (κ1) is 14.4. The van der Waals surface area contributed by atoms with E-state index in [9.17, 15) is 0 Å². The third-order valence-corrected chi connectivity index (χ3v) is 3.75. The normalized spacial score (nSPS) is 19.4. The van der Waals surface area contributed by atoms with Gasteiger partial charge in [-0.2, -0.15) is 0 Å². The molecule has 0 spiro atoms. The van der Waals surface area contributed by atoms with Gasteiger partial charge in [0.1, 0.15) is 0 Å². The van der Waals surface area contributed by atoms with Crippen LogP contribution in [0.5, 0.6) is 0 Å². The van der Waals surface area contributed by atoms with Crippen LogP contribution in [0.1, 0.15) is 25.3 Å². The summed E-state index contributed by atoms with van der Waals surface area (Å²) in [7, 11) is 2.19. The molecule has 1 aliphatic rings. The van der Waals surface area contributed by atoms with Crippen LogP contribution in [0.15, 0.2) is 24.3 Å². The van der Waals surface area contributed by atoms with Crippen molar-refractivity contribution >= 4 is 5.69 Å². The highest BCUT2D eigenvalue weighted by Gasteiger charge is 2.17. The van der Waals surface area contributed by atoms with E-state index in [0.29, 0.717) is 5.92 Å². The second kappa shape index (κ2) is 7.51. The molecule has 2 rings (SSSR count). The zero-order chi connectivity index (χ0) is 13.5. The fourth-order valence-electron chi connectivity index (χ4n) is 2.73. The lowest BCUT2D eigenvalue weighted by atomic mass is 10.0. The van der Waals surface area contributed by atoms with Crippen LogP contribution in [-0.4, -0.2) is 33.4 Å². The Labute approximate surface area is 116 Å². The van der Waals surface area contributed by atoms with Crippen LogP contribution in [0.25, 0.3) is 0 Å². The Kier molecular flexibility index (Phi) is 5.67. The third-order valence-electron chi connectivity index (χ3n) is 3.75. The van der Waals surface area contributed by atoms with Gasteiger partial charge in [-0.05, 0) is 36.9 Å². The fourth-order valence-corrected chi connectivity index (χ4v) is 2.73. The molecule has 19 heavy (non-hydrogen) atoms. The summed E-state index contributed by atoms with van der Waals surface area (Å²) < 4.78 is 5.57. The van der Waals surface area contributed by atoms with Crippen molar-refractivity contribution in [2.24, 2.45) is 5.92 Å². The van der Waals surface area contributed by atoms with Gasteiger partial charge in [-0.1, -0.05) is 25.1 Å². The van der Waals surface area contributed by atoms with Gasteiger partial charge in [-0.25, -0.2) is 0 Å². The van der Waals surface area contributed by atoms with Crippen LogP contribution in [0.2, 0.25) is 0 Å². The Morgan fingerprint density at radius 3 is 2.95 bits per heavy atom. The van der Waals surface area contributed by atoms with Crippen LogP contribution in [0.3, 0.4) is 0 Å². The van der Waals surface area contributed by atoms with Gasteiger partial charge in [0.05, 0.1) is 6.61 Å². The van der Waals surface area contributed by atoms with Crippen LogP contribution < -0.4 is 10.2 Å². The highest BCUT2D eigenvalue weighted by Crippen LogP contribution is 2.22. The molecule has 1 saturated heterocycles. The van der Waals surface area contributed by atoms with E-state index < -0.39 is 0 Å². The molecule has 1 aromatic carbocycles. The summed E-state index contributed by atoms with van der Waals surface area (Å²) in [5, 5.41) is 3.41. The van der Waals surface area contributed by atoms with Crippen molar-refractivity contribution in [3.05, 3.63) is 29.8 Å². The van der Waals surface area contributed by atoms with Gasteiger partial charge >= 0.3 is 0 Å². The summed E-state index contributed by atoms with van der Waals surface area (Å²) in [6.07, 6.45) is 2.50. The highest BCUT2D eigenvalue weighted by atomic mass is 16.5. The number of ether oxygens (including phenoxy) is 1. The summed E-state index contributed by atoms with van der Waals surface area (Å²) >= 11 is 0. The number of para-hydroxylation sites is 1. The molecule has 1 fully saturated rings.